The summed E-state index contributed by atoms with van der Waals surface area (Å²) in [5, 5.41) is 9.25. The van der Waals surface area contributed by atoms with Crippen molar-refractivity contribution in [2.24, 2.45) is 0 Å². The van der Waals surface area contributed by atoms with E-state index in [2.05, 4.69) is 4.72 Å². The van der Waals surface area contributed by atoms with Crippen molar-refractivity contribution >= 4 is 10.0 Å². The third-order valence-electron chi connectivity index (χ3n) is 2.72. The highest BCUT2D eigenvalue weighted by Crippen LogP contribution is 2.26. The molecule has 0 saturated heterocycles. The van der Waals surface area contributed by atoms with Crippen LogP contribution in [-0.4, -0.2) is 47.0 Å². The van der Waals surface area contributed by atoms with Crippen molar-refractivity contribution in [1.29, 1.82) is 0 Å². The van der Waals surface area contributed by atoms with E-state index in [0.29, 0.717) is 19.0 Å². The molecule has 0 aliphatic carbocycles. The molecule has 0 aliphatic heterocycles. The molecule has 1 heterocycles. The van der Waals surface area contributed by atoms with Gasteiger partial charge in [-0.1, -0.05) is 0 Å². The zero-order valence-corrected chi connectivity index (χ0v) is 12.7. The molecular formula is C12H21NO6S. The molecule has 0 atom stereocenters. The fourth-order valence-corrected chi connectivity index (χ4v) is 3.26. The third kappa shape index (κ3) is 4.29. The fourth-order valence-electron chi connectivity index (χ4n) is 1.81. The molecule has 0 radical (unpaired) electrons. The average molecular weight is 307 g/mol. The number of aliphatic hydroxyl groups excluding tert-OH is 1. The van der Waals surface area contributed by atoms with Crippen LogP contribution in [0, 0.1) is 13.8 Å². The molecule has 1 aromatic heterocycles. The van der Waals surface area contributed by atoms with E-state index in [-0.39, 0.29) is 36.0 Å². The Kier molecular flexibility index (Phi) is 6.63. The predicted octanol–water partition coefficient (Wildman–Crippen LogP) is 0.330. The van der Waals surface area contributed by atoms with Crippen LogP contribution in [0.15, 0.2) is 9.31 Å². The molecule has 8 heteroatoms. The summed E-state index contributed by atoms with van der Waals surface area (Å²) in [7, 11) is -2.16. The predicted molar refractivity (Wildman–Crippen MR) is 72.0 cm³/mol. The lowest BCUT2D eigenvalue weighted by atomic mass is 10.2. The largest absolute Gasteiger partial charge is 0.465 e. The minimum absolute atomic E-state index is 0.00870. The van der Waals surface area contributed by atoms with E-state index in [1.807, 2.05) is 0 Å². The maximum absolute atomic E-state index is 12.2. The van der Waals surface area contributed by atoms with E-state index in [9.17, 15) is 13.5 Å². The molecule has 7 nitrogen and oxygen atoms in total. The van der Waals surface area contributed by atoms with Gasteiger partial charge in [-0.3, -0.25) is 0 Å². The first-order valence-electron chi connectivity index (χ1n) is 6.20. The second kappa shape index (κ2) is 7.75. The van der Waals surface area contributed by atoms with Gasteiger partial charge in [0, 0.05) is 19.2 Å². The van der Waals surface area contributed by atoms with Crippen molar-refractivity contribution in [2.75, 3.05) is 33.5 Å². The summed E-state index contributed by atoms with van der Waals surface area (Å²) in [5.74, 6) is 0.668. The van der Waals surface area contributed by atoms with Gasteiger partial charge >= 0.3 is 0 Å². The van der Waals surface area contributed by atoms with Gasteiger partial charge in [0.15, 0.2) is 0 Å². The molecule has 0 spiro atoms. The molecule has 0 unspecified atom stereocenters. The number of aliphatic hydroxyl groups is 1. The number of sulfonamides is 1. The SMILES string of the molecule is COCCOCCNS(=O)(=O)c1c(C)oc(C)c1CO. The second-order valence-corrected chi connectivity index (χ2v) is 5.89. The molecule has 0 bridgehead atoms. The van der Waals surface area contributed by atoms with Gasteiger partial charge in [0.05, 0.1) is 26.4 Å². The molecule has 2 N–H and O–H groups in total. The topological polar surface area (TPSA) is 98.0 Å². The summed E-state index contributed by atoms with van der Waals surface area (Å²) in [6.45, 7) is 4.03. The van der Waals surface area contributed by atoms with Gasteiger partial charge < -0.3 is 19.0 Å². The quantitative estimate of drug-likeness (QED) is 0.638. The summed E-state index contributed by atoms with van der Waals surface area (Å²) >= 11 is 0. The molecule has 0 aromatic carbocycles. The van der Waals surface area contributed by atoms with Gasteiger partial charge in [-0.2, -0.15) is 0 Å². The molecule has 1 aromatic rings. The number of furan rings is 1. The fraction of sp³-hybridized carbons (Fsp3) is 0.667. The minimum Gasteiger partial charge on any atom is -0.465 e. The first-order valence-corrected chi connectivity index (χ1v) is 7.68. The summed E-state index contributed by atoms with van der Waals surface area (Å²) in [6, 6.07) is 0. The number of aryl methyl sites for hydroxylation is 2. The van der Waals surface area contributed by atoms with Crippen LogP contribution in [0.25, 0.3) is 0 Å². The zero-order valence-electron chi connectivity index (χ0n) is 11.9. The van der Waals surface area contributed by atoms with Gasteiger partial charge in [0.25, 0.3) is 0 Å². The zero-order chi connectivity index (χ0) is 15.2. The van der Waals surface area contributed by atoms with Gasteiger partial charge in [0.2, 0.25) is 10.0 Å². The minimum atomic E-state index is -3.72. The maximum atomic E-state index is 12.2. The number of hydrogen-bond acceptors (Lipinski definition) is 6. The summed E-state index contributed by atoms with van der Waals surface area (Å²) in [5.41, 5.74) is 0.287. The highest BCUT2D eigenvalue weighted by molar-refractivity contribution is 7.89. The first-order chi connectivity index (χ1) is 9.44. The lowest BCUT2D eigenvalue weighted by molar-refractivity contribution is 0.0736. The van der Waals surface area contributed by atoms with Gasteiger partial charge in [-0.15, -0.1) is 0 Å². The van der Waals surface area contributed by atoms with Crippen LogP contribution in [0.3, 0.4) is 0 Å². The van der Waals surface area contributed by atoms with Crippen LogP contribution in [0.2, 0.25) is 0 Å². The molecule has 116 valence electrons. The number of hydrogen-bond donors (Lipinski definition) is 2. The Hall–Kier alpha value is -0.930. The van der Waals surface area contributed by atoms with Gasteiger partial charge in [-0.05, 0) is 13.8 Å². The van der Waals surface area contributed by atoms with Crippen molar-refractivity contribution in [3.05, 3.63) is 17.1 Å². The average Bonchev–Trinajstić information content (AvgIpc) is 2.68. The second-order valence-electron chi connectivity index (χ2n) is 4.18. The Morgan fingerprint density at radius 1 is 1.20 bits per heavy atom. The Balaban J connectivity index is 2.65. The Bertz CT molecular complexity index is 522. The molecule has 0 fully saturated rings. The lowest BCUT2D eigenvalue weighted by Crippen LogP contribution is -2.28. The number of rotatable bonds is 9. The van der Waals surface area contributed by atoms with Crippen LogP contribution < -0.4 is 4.72 Å². The third-order valence-corrected chi connectivity index (χ3v) is 4.38. The highest BCUT2D eigenvalue weighted by atomic mass is 32.2. The molecule has 1 rings (SSSR count). The maximum Gasteiger partial charge on any atom is 0.244 e. The van der Waals surface area contributed by atoms with E-state index in [1.165, 1.54) is 0 Å². The molecule has 0 aliphatic rings. The van der Waals surface area contributed by atoms with E-state index < -0.39 is 10.0 Å². The number of nitrogens with one attached hydrogen (secondary N) is 1. The normalized spacial score (nSPS) is 12.0. The van der Waals surface area contributed by atoms with Crippen LogP contribution in [0.4, 0.5) is 0 Å². The van der Waals surface area contributed by atoms with E-state index in [1.54, 1.807) is 21.0 Å². The molecule has 20 heavy (non-hydrogen) atoms. The van der Waals surface area contributed by atoms with Crippen molar-refractivity contribution < 1.29 is 27.4 Å². The van der Waals surface area contributed by atoms with E-state index >= 15 is 0 Å². The number of methoxy groups -OCH3 is 1. The highest BCUT2D eigenvalue weighted by Gasteiger charge is 2.25. The Labute approximate surface area is 118 Å². The van der Waals surface area contributed by atoms with E-state index in [0.717, 1.165) is 0 Å². The number of ether oxygens (including phenoxy) is 2. The lowest BCUT2D eigenvalue weighted by Gasteiger charge is -2.08. The standard InChI is InChI=1S/C12H21NO6S/c1-9-11(8-14)12(10(2)19-9)20(15,16)13-4-5-18-7-6-17-3/h13-14H,4-8H2,1-3H3. The summed E-state index contributed by atoms with van der Waals surface area (Å²) < 4.78 is 42.0. The van der Waals surface area contributed by atoms with Crippen molar-refractivity contribution in [1.82, 2.24) is 4.72 Å². The van der Waals surface area contributed by atoms with Gasteiger partial charge in [0.1, 0.15) is 16.4 Å². The molecule has 0 saturated carbocycles. The summed E-state index contributed by atoms with van der Waals surface area (Å²) in [6.07, 6.45) is 0. The van der Waals surface area contributed by atoms with Crippen molar-refractivity contribution in [3.8, 4) is 0 Å². The monoisotopic (exact) mass is 307 g/mol. The van der Waals surface area contributed by atoms with Crippen LogP contribution in [0.1, 0.15) is 17.1 Å². The van der Waals surface area contributed by atoms with Crippen LogP contribution in [-0.2, 0) is 26.1 Å². The van der Waals surface area contributed by atoms with E-state index in [4.69, 9.17) is 13.9 Å². The Morgan fingerprint density at radius 3 is 2.50 bits per heavy atom. The Morgan fingerprint density at radius 2 is 1.90 bits per heavy atom. The van der Waals surface area contributed by atoms with Crippen molar-refractivity contribution in [3.63, 3.8) is 0 Å². The van der Waals surface area contributed by atoms with Gasteiger partial charge in [-0.25, -0.2) is 13.1 Å². The first kappa shape index (κ1) is 17.1. The van der Waals surface area contributed by atoms with Crippen LogP contribution in [0.5, 0.6) is 0 Å². The molecular weight excluding hydrogens is 286 g/mol. The smallest absolute Gasteiger partial charge is 0.244 e. The van der Waals surface area contributed by atoms with Crippen molar-refractivity contribution in [2.45, 2.75) is 25.3 Å². The molecule has 0 amide bonds. The summed E-state index contributed by atoms with van der Waals surface area (Å²) in [4.78, 5) is 0.00870. The van der Waals surface area contributed by atoms with Crippen LogP contribution >= 0.6 is 0 Å².